The molecule has 1 rings (SSSR count). The Morgan fingerprint density at radius 2 is 1.03 bits per heavy atom. The molecule has 0 radical (unpaired) electrons. The number of carbonyl (C=O) groups excluding carboxylic acids is 1. The first-order valence-corrected chi connectivity index (χ1v) is 26.0. The van der Waals surface area contributed by atoms with Gasteiger partial charge >= 0.3 is 16.4 Å². The molecule has 13 heteroatoms. The van der Waals surface area contributed by atoms with Crippen LogP contribution >= 0.6 is 0 Å². The molecule has 61 heavy (non-hydrogen) atoms. The molecular formula is C48H90O12S. The summed E-state index contributed by atoms with van der Waals surface area (Å²) in [6.07, 6.45) is 36.4. The van der Waals surface area contributed by atoms with Crippen LogP contribution in [0.2, 0.25) is 0 Å². The zero-order valence-corrected chi connectivity index (χ0v) is 39.3. The maximum absolute atomic E-state index is 12.9. The zero-order chi connectivity index (χ0) is 44.7. The van der Waals surface area contributed by atoms with Gasteiger partial charge in [-0.25, -0.2) is 4.18 Å². The Labute approximate surface area is 371 Å². The molecule has 1 heterocycles. The minimum Gasteiger partial charge on any atom is -0.457 e. The number of rotatable bonds is 43. The van der Waals surface area contributed by atoms with Crippen LogP contribution in [-0.2, 0) is 38.3 Å². The van der Waals surface area contributed by atoms with E-state index in [1.165, 1.54) is 141 Å². The lowest BCUT2D eigenvalue weighted by Gasteiger charge is -2.41. The molecule has 0 aromatic rings. The Balaban J connectivity index is 2.36. The molecule has 6 atom stereocenters. The summed E-state index contributed by atoms with van der Waals surface area (Å²) < 4.78 is 59.1. The third-order valence-electron chi connectivity index (χ3n) is 11.3. The van der Waals surface area contributed by atoms with Crippen molar-refractivity contribution in [1.29, 1.82) is 0 Å². The van der Waals surface area contributed by atoms with Crippen LogP contribution in [0.3, 0.4) is 0 Å². The zero-order valence-electron chi connectivity index (χ0n) is 38.5. The summed E-state index contributed by atoms with van der Waals surface area (Å²) in [6.45, 7) is 3.97. The van der Waals surface area contributed by atoms with Crippen LogP contribution in [0.25, 0.3) is 0 Å². The highest BCUT2D eigenvalue weighted by molar-refractivity contribution is 7.80. The van der Waals surface area contributed by atoms with E-state index in [0.717, 1.165) is 44.9 Å². The Morgan fingerprint density at radius 3 is 1.51 bits per heavy atom. The summed E-state index contributed by atoms with van der Waals surface area (Å²) in [5, 5.41) is 30.7. The van der Waals surface area contributed by atoms with Crippen molar-refractivity contribution < 1.29 is 56.2 Å². The van der Waals surface area contributed by atoms with Crippen LogP contribution in [0.5, 0.6) is 0 Å². The van der Waals surface area contributed by atoms with Gasteiger partial charge in [-0.3, -0.25) is 9.35 Å². The second-order valence-electron chi connectivity index (χ2n) is 17.0. The Hall–Kier alpha value is -1.42. The van der Waals surface area contributed by atoms with Crippen LogP contribution in [0, 0.1) is 0 Å². The standard InChI is InChI=1S/C48H90O12S/c1-3-5-7-9-11-13-15-17-18-19-20-21-22-23-24-25-27-29-31-33-35-37-44(50)58-42(40-56-38-36-34-32-30-28-26-16-14-12-10-8-6-4-2)41-57-48-46(52)47(60-61(53,54)55)45(51)43(39-49)59-48/h12,14,19-20,42-43,45-49,51-52H,3-11,13,15-18,21-41H2,1-2H3,(H,53,54,55)/b14-12-,20-19-. The molecule has 0 spiro atoms. The minimum absolute atomic E-state index is 0.0335. The molecule has 1 fully saturated rings. The molecule has 0 aromatic carbocycles. The van der Waals surface area contributed by atoms with Gasteiger partial charge < -0.3 is 34.3 Å². The molecule has 0 aliphatic carbocycles. The fraction of sp³-hybridized carbons (Fsp3) is 0.896. The van der Waals surface area contributed by atoms with Crippen molar-refractivity contribution in [3.05, 3.63) is 24.3 Å². The van der Waals surface area contributed by atoms with E-state index in [4.69, 9.17) is 23.5 Å². The highest BCUT2D eigenvalue weighted by Gasteiger charge is 2.48. The SMILES string of the molecule is CCCCC/C=C\CCCCCCCCOCC(COC1OC(CO)C(O)C(OS(=O)(=O)O)C1O)OC(=O)CCCCCCCCCCC/C=C\CCCCCCCCCC. The second-order valence-corrected chi connectivity index (χ2v) is 18.1. The maximum Gasteiger partial charge on any atom is 0.397 e. The first kappa shape index (κ1) is 57.6. The number of aliphatic hydroxyl groups is 3. The van der Waals surface area contributed by atoms with Crippen molar-refractivity contribution in [3.8, 4) is 0 Å². The number of aliphatic hydroxyl groups excluding tert-OH is 3. The molecule has 12 nitrogen and oxygen atoms in total. The van der Waals surface area contributed by atoms with Crippen LogP contribution in [0.4, 0.5) is 0 Å². The van der Waals surface area contributed by atoms with Crippen molar-refractivity contribution in [2.24, 2.45) is 0 Å². The molecule has 4 N–H and O–H groups in total. The van der Waals surface area contributed by atoms with Gasteiger partial charge in [-0.15, -0.1) is 0 Å². The lowest BCUT2D eigenvalue weighted by molar-refractivity contribution is -0.301. The summed E-state index contributed by atoms with van der Waals surface area (Å²) in [5.74, 6) is -0.402. The van der Waals surface area contributed by atoms with Gasteiger partial charge in [0.15, 0.2) is 6.29 Å². The van der Waals surface area contributed by atoms with E-state index in [1.54, 1.807) is 0 Å². The molecule has 0 aromatic heterocycles. The van der Waals surface area contributed by atoms with Gasteiger partial charge in [0.25, 0.3) is 0 Å². The predicted molar refractivity (Wildman–Crippen MR) is 244 cm³/mol. The normalized spacial score (nSPS) is 20.3. The quantitative estimate of drug-likeness (QED) is 0.0197. The lowest BCUT2D eigenvalue weighted by atomic mass is 9.99. The lowest BCUT2D eigenvalue weighted by Crippen LogP contribution is -2.60. The van der Waals surface area contributed by atoms with E-state index >= 15 is 0 Å². The summed E-state index contributed by atoms with van der Waals surface area (Å²) in [7, 11) is -5.06. The van der Waals surface area contributed by atoms with E-state index in [-0.39, 0.29) is 19.6 Å². The largest absolute Gasteiger partial charge is 0.457 e. The van der Waals surface area contributed by atoms with Gasteiger partial charge in [-0.1, -0.05) is 167 Å². The van der Waals surface area contributed by atoms with Gasteiger partial charge in [0.1, 0.15) is 30.5 Å². The van der Waals surface area contributed by atoms with Crippen LogP contribution in [0.1, 0.15) is 213 Å². The molecular weight excluding hydrogens is 801 g/mol. The molecule has 0 amide bonds. The van der Waals surface area contributed by atoms with Crippen LogP contribution < -0.4 is 0 Å². The fourth-order valence-corrected chi connectivity index (χ4v) is 8.05. The highest BCUT2D eigenvalue weighted by Crippen LogP contribution is 2.26. The molecule has 1 aliphatic heterocycles. The number of unbranched alkanes of at least 4 members (excludes halogenated alkanes) is 26. The monoisotopic (exact) mass is 891 g/mol. The fourth-order valence-electron chi connectivity index (χ4n) is 7.54. The van der Waals surface area contributed by atoms with Gasteiger partial charge in [-0.05, 0) is 64.2 Å². The van der Waals surface area contributed by atoms with Gasteiger partial charge in [0.2, 0.25) is 0 Å². The smallest absolute Gasteiger partial charge is 0.397 e. The average Bonchev–Trinajstić information content (AvgIpc) is 3.23. The molecule has 0 bridgehead atoms. The van der Waals surface area contributed by atoms with E-state index in [9.17, 15) is 28.5 Å². The first-order valence-electron chi connectivity index (χ1n) is 24.6. The van der Waals surface area contributed by atoms with Crippen LogP contribution in [0.15, 0.2) is 24.3 Å². The minimum atomic E-state index is -5.06. The number of allylic oxidation sites excluding steroid dienone is 4. The van der Waals surface area contributed by atoms with E-state index in [0.29, 0.717) is 13.0 Å². The summed E-state index contributed by atoms with van der Waals surface area (Å²) >= 11 is 0. The number of carbonyl (C=O) groups is 1. The average molecular weight is 891 g/mol. The van der Waals surface area contributed by atoms with Gasteiger partial charge in [0.05, 0.1) is 19.8 Å². The maximum atomic E-state index is 12.9. The third-order valence-corrected chi connectivity index (χ3v) is 11.8. The van der Waals surface area contributed by atoms with E-state index < -0.39 is 59.8 Å². The summed E-state index contributed by atoms with van der Waals surface area (Å²) in [6, 6.07) is 0. The van der Waals surface area contributed by atoms with Crippen molar-refractivity contribution >= 4 is 16.4 Å². The summed E-state index contributed by atoms with van der Waals surface area (Å²) in [5.41, 5.74) is 0. The first-order chi connectivity index (χ1) is 29.6. The highest BCUT2D eigenvalue weighted by atomic mass is 32.3. The summed E-state index contributed by atoms with van der Waals surface area (Å²) in [4.78, 5) is 12.9. The van der Waals surface area contributed by atoms with E-state index in [2.05, 4.69) is 42.3 Å². The molecule has 0 saturated carbocycles. The molecule has 360 valence electrons. The second kappa shape index (κ2) is 40.1. The van der Waals surface area contributed by atoms with Gasteiger partial charge in [-0.2, -0.15) is 8.42 Å². The van der Waals surface area contributed by atoms with Gasteiger partial charge in [0, 0.05) is 13.0 Å². The Morgan fingerprint density at radius 1 is 0.607 bits per heavy atom. The number of ether oxygens (including phenoxy) is 4. The van der Waals surface area contributed by atoms with Crippen molar-refractivity contribution in [2.45, 2.75) is 250 Å². The van der Waals surface area contributed by atoms with Crippen molar-refractivity contribution in [1.82, 2.24) is 0 Å². The molecule has 1 saturated heterocycles. The Kier molecular flexibility index (Phi) is 37.9. The van der Waals surface area contributed by atoms with Crippen molar-refractivity contribution in [3.63, 3.8) is 0 Å². The Bertz CT molecular complexity index is 1170. The van der Waals surface area contributed by atoms with Crippen molar-refractivity contribution in [2.75, 3.05) is 26.4 Å². The predicted octanol–water partition coefficient (Wildman–Crippen LogP) is 10.8. The van der Waals surface area contributed by atoms with Crippen LogP contribution in [-0.4, -0.2) is 97.5 Å². The molecule has 1 aliphatic rings. The van der Waals surface area contributed by atoms with E-state index in [1.807, 2.05) is 0 Å². The number of esters is 1. The number of hydrogen-bond donors (Lipinski definition) is 4. The number of hydrogen-bond acceptors (Lipinski definition) is 11. The molecule has 6 unspecified atom stereocenters. The third kappa shape index (κ3) is 33.7. The topological polar surface area (TPSA) is 178 Å².